The molecule has 0 atom stereocenters. The summed E-state index contributed by atoms with van der Waals surface area (Å²) in [5.74, 6) is -1.42. The lowest BCUT2D eigenvalue weighted by Crippen LogP contribution is -2.34. The SMILES string of the molecule is CCCc1cc(C(=O)OC)c(C(=O)OC)c[n+]1[O-]. The third-order valence-electron chi connectivity index (χ3n) is 2.45. The van der Waals surface area contributed by atoms with Crippen molar-refractivity contribution < 1.29 is 23.8 Å². The molecular formula is C12H15NO5. The molecule has 0 aliphatic rings. The van der Waals surface area contributed by atoms with Gasteiger partial charge in [0.05, 0.1) is 19.8 Å². The third kappa shape index (κ3) is 2.77. The number of rotatable bonds is 4. The molecule has 0 saturated carbocycles. The van der Waals surface area contributed by atoms with Crippen LogP contribution in [0.4, 0.5) is 0 Å². The first kappa shape index (κ1) is 14.0. The molecule has 0 aromatic carbocycles. The van der Waals surface area contributed by atoms with Crippen molar-refractivity contribution in [3.05, 3.63) is 34.3 Å². The van der Waals surface area contributed by atoms with Crippen molar-refractivity contribution in [1.82, 2.24) is 0 Å². The Hall–Kier alpha value is -2.11. The predicted octanol–water partition coefficient (Wildman–Crippen LogP) is 0.846. The number of pyridine rings is 1. The van der Waals surface area contributed by atoms with Gasteiger partial charge in [0.1, 0.15) is 5.56 Å². The molecule has 98 valence electrons. The maximum absolute atomic E-state index is 11.7. The molecule has 0 saturated heterocycles. The monoisotopic (exact) mass is 253 g/mol. The zero-order chi connectivity index (χ0) is 13.7. The van der Waals surface area contributed by atoms with E-state index < -0.39 is 11.9 Å². The Morgan fingerprint density at radius 3 is 2.28 bits per heavy atom. The molecule has 0 bridgehead atoms. The summed E-state index contributed by atoms with van der Waals surface area (Å²) >= 11 is 0. The van der Waals surface area contributed by atoms with Crippen molar-refractivity contribution in [2.24, 2.45) is 0 Å². The van der Waals surface area contributed by atoms with Crippen molar-refractivity contribution in [3.8, 4) is 0 Å². The number of carbonyl (C=O) groups excluding carboxylic acids is 2. The van der Waals surface area contributed by atoms with Crippen LogP contribution in [-0.4, -0.2) is 26.2 Å². The van der Waals surface area contributed by atoms with Crippen LogP contribution in [0.15, 0.2) is 12.3 Å². The van der Waals surface area contributed by atoms with Crippen LogP contribution in [0.25, 0.3) is 0 Å². The van der Waals surface area contributed by atoms with Crippen molar-refractivity contribution in [2.75, 3.05) is 14.2 Å². The van der Waals surface area contributed by atoms with Crippen LogP contribution in [0.1, 0.15) is 39.8 Å². The minimum atomic E-state index is -0.747. The van der Waals surface area contributed by atoms with E-state index in [9.17, 15) is 14.8 Å². The van der Waals surface area contributed by atoms with Gasteiger partial charge in [-0.1, -0.05) is 6.92 Å². The standard InChI is InChI=1S/C12H15NO5/c1-4-5-8-6-9(11(14)17-2)10(7-13(8)16)12(15)18-3/h6-7H,4-5H2,1-3H3. The van der Waals surface area contributed by atoms with Gasteiger partial charge in [0.25, 0.3) is 0 Å². The van der Waals surface area contributed by atoms with Crippen LogP contribution in [0, 0.1) is 5.21 Å². The zero-order valence-corrected chi connectivity index (χ0v) is 10.6. The predicted molar refractivity (Wildman–Crippen MR) is 62.1 cm³/mol. The molecule has 1 heterocycles. The second-order valence-corrected chi connectivity index (χ2v) is 3.65. The topological polar surface area (TPSA) is 79.5 Å². The van der Waals surface area contributed by atoms with E-state index in [2.05, 4.69) is 9.47 Å². The Labute approximate surface area is 105 Å². The van der Waals surface area contributed by atoms with Gasteiger partial charge in [-0.15, -0.1) is 0 Å². The molecule has 6 heteroatoms. The Bertz CT molecular complexity index is 470. The van der Waals surface area contributed by atoms with Crippen LogP contribution >= 0.6 is 0 Å². The highest BCUT2D eigenvalue weighted by Gasteiger charge is 2.24. The second-order valence-electron chi connectivity index (χ2n) is 3.65. The molecule has 1 aromatic rings. The fourth-order valence-corrected chi connectivity index (χ4v) is 1.57. The van der Waals surface area contributed by atoms with Crippen LogP contribution in [0.2, 0.25) is 0 Å². The number of aryl methyl sites for hydroxylation is 1. The van der Waals surface area contributed by atoms with E-state index >= 15 is 0 Å². The Morgan fingerprint density at radius 1 is 1.22 bits per heavy atom. The normalized spacial score (nSPS) is 9.94. The quantitative estimate of drug-likeness (QED) is 0.451. The molecule has 0 fully saturated rings. The lowest BCUT2D eigenvalue weighted by atomic mass is 10.1. The third-order valence-corrected chi connectivity index (χ3v) is 2.45. The van der Waals surface area contributed by atoms with Crippen LogP contribution < -0.4 is 4.73 Å². The number of hydrogen-bond acceptors (Lipinski definition) is 5. The molecule has 0 radical (unpaired) electrons. The van der Waals surface area contributed by atoms with Crippen molar-refractivity contribution >= 4 is 11.9 Å². The summed E-state index contributed by atoms with van der Waals surface area (Å²) in [6.45, 7) is 1.91. The van der Waals surface area contributed by atoms with Crippen LogP contribution in [0.5, 0.6) is 0 Å². The molecule has 0 unspecified atom stereocenters. The second kappa shape index (κ2) is 6.00. The number of aromatic nitrogens is 1. The molecule has 0 spiro atoms. The lowest BCUT2D eigenvalue weighted by Gasteiger charge is -2.09. The van der Waals surface area contributed by atoms with E-state index in [0.717, 1.165) is 12.6 Å². The van der Waals surface area contributed by atoms with E-state index in [-0.39, 0.29) is 11.1 Å². The van der Waals surface area contributed by atoms with Gasteiger partial charge in [-0.05, 0) is 6.42 Å². The number of methoxy groups -OCH3 is 2. The van der Waals surface area contributed by atoms with Crippen molar-refractivity contribution in [2.45, 2.75) is 19.8 Å². The van der Waals surface area contributed by atoms with E-state index in [0.29, 0.717) is 16.8 Å². The summed E-state index contributed by atoms with van der Waals surface area (Å²) in [7, 11) is 2.39. The largest absolute Gasteiger partial charge is 0.618 e. The fraction of sp³-hybridized carbons (Fsp3) is 0.417. The highest BCUT2D eigenvalue weighted by molar-refractivity contribution is 6.02. The van der Waals surface area contributed by atoms with Crippen LogP contribution in [-0.2, 0) is 15.9 Å². The summed E-state index contributed by atoms with van der Waals surface area (Å²) in [5.41, 5.74) is 0.352. The molecule has 0 aliphatic carbocycles. The smallest absolute Gasteiger partial charge is 0.344 e. The zero-order valence-electron chi connectivity index (χ0n) is 10.6. The maximum Gasteiger partial charge on any atom is 0.344 e. The van der Waals surface area contributed by atoms with Crippen molar-refractivity contribution in [1.29, 1.82) is 0 Å². The molecule has 1 aromatic heterocycles. The van der Waals surface area contributed by atoms with E-state index in [1.165, 1.54) is 20.3 Å². The molecule has 0 amide bonds. The van der Waals surface area contributed by atoms with Gasteiger partial charge >= 0.3 is 11.9 Å². The maximum atomic E-state index is 11.7. The average Bonchev–Trinajstić information content (AvgIpc) is 2.39. The molecule has 0 aliphatic heterocycles. The van der Waals surface area contributed by atoms with Gasteiger partial charge < -0.3 is 14.7 Å². The highest BCUT2D eigenvalue weighted by Crippen LogP contribution is 2.12. The number of carbonyl (C=O) groups is 2. The number of hydrogen-bond donors (Lipinski definition) is 0. The minimum Gasteiger partial charge on any atom is -0.618 e. The van der Waals surface area contributed by atoms with Gasteiger partial charge in [-0.25, -0.2) is 9.59 Å². The fourth-order valence-electron chi connectivity index (χ4n) is 1.57. The first-order valence-electron chi connectivity index (χ1n) is 5.47. The summed E-state index contributed by atoms with van der Waals surface area (Å²) in [6, 6.07) is 1.37. The van der Waals surface area contributed by atoms with E-state index in [1.807, 2.05) is 6.92 Å². The van der Waals surface area contributed by atoms with E-state index in [4.69, 9.17) is 0 Å². The summed E-state index contributed by atoms with van der Waals surface area (Å²) < 4.78 is 9.69. The van der Waals surface area contributed by atoms with E-state index in [1.54, 1.807) is 0 Å². The Balaban J connectivity index is 3.36. The van der Waals surface area contributed by atoms with Gasteiger partial charge in [0.15, 0.2) is 11.9 Å². The number of nitrogens with zero attached hydrogens (tertiary/aromatic N) is 1. The van der Waals surface area contributed by atoms with Crippen LogP contribution in [0.3, 0.4) is 0 Å². The highest BCUT2D eigenvalue weighted by atomic mass is 16.5. The van der Waals surface area contributed by atoms with Crippen molar-refractivity contribution in [3.63, 3.8) is 0 Å². The summed E-state index contributed by atoms with van der Waals surface area (Å²) in [5, 5.41) is 11.7. The Morgan fingerprint density at radius 2 is 1.78 bits per heavy atom. The number of ether oxygens (including phenoxy) is 2. The molecule has 18 heavy (non-hydrogen) atoms. The summed E-state index contributed by atoms with van der Waals surface area (Å²) in [6.07, 6.45) is 2.30. The first-order chi connectivity index (χ1) is 8.54. The van der Waals surface area contributed by atoms with Gasteiger partial charge in [0.2, 0.25) is 0 Å². The van der Waals surface area contributed by atoms with Gasteiger partial charge in [-0.2, -0.15) is 4.73 Å². The molecular weight excluding hydrogens is 238 g/mol. The molecule has 1 rings (SSSR count). The first-order valence-corrected chi connectivity index (χ1v) is 5.47. The molecule has 6 nitrogen and oxygen atoms in total. The van der Waals surface area contributed by atoms with Gasteiger partial charge in [0, 0.05) is 12.5 Å². The Kier molecular flexibility index (Phi) is 4.65. The average molecular weight is 253 g/mol. The minimum absolute atomic E-state index is 0.0416. The number of esters is 2. The summed E-state index contributed by atoms with van der Waals surface area (Å²) in [4.78, 5) is 23.1. The van der Waals surface area contributed by atoms with Gasteiger partial charge in [-0.3, -0.25) is 0 Å². The lowest BCUT2D eigenvalue weighted by molar-refractivity contribution is -0.614. The molecule has 0 N–H and O–H groups in total.